The summed E-state index contributed by atoms with van der Waals surface area (Å²) in [4.78, 5) is 11.9. The van der Waals surface area contributed by atoms with Crippen molar-refractivity contribution in [1.82, 2.24) is 0 Å². The van der Waals surface area contributed by atoms with Crippen molar-refractivity contribution in [3.05, 3.63) is 63.1 Å². The zero-order valence-corrected chi connectivity index (χ0v) is 15.9. The van der Waals surface area contributed by atoms with Crippen LogP contribution in [0.1, 0.15) is 35.4 Å². The predicted molar refractivity (Wildman–Crippen MR) is 104 cm³/mol. The average Bonchev–Trinajstić information content (AvgIpc) is 2.59. The number of rotatable bonds is 6. The highest BCUT2D eigenvalue weighted by atomic mass is 35.5. The lowest BCUT2D eigenvalue weighted by Crippen LogP contribution is -2.13. The Balaban J connectivity index is 2.30. The Hall–Kier alpha value is -1.73. The van der Waals surface area contributed by atoms with E-state index in [0.29, 0.717) is 40.0 Å². The maximum Gasteiger partial charge on any atom is 0.224 e. The topological polar surface area (TPSA) is 52.9 Å². The molecular formula is C19H17Cl3N2O. The Morgan fingerprint density at radius 1 is 1.24 bits per heavy atom. The van der Waals surface area contributed by atoms with Gasteiger partial charge in [-0.1, -0.05) is 41.4 Å². The minimum absolute atomic E-state index is 0.109. The number of halogens is 3. The molecule has 0 saturated carbocycles. The number of nitrogens with one attached hydrogen (secondary N) is 1. The lowest BCUT2D eigenvalue weighted by molar-refractivity contribution is -0.116. The molecule has 2 rings (SSSR count). The van der Waals surface area contributed by atoms with Gasteiger partial charge in [0, 0.05) is 28.0 Å². The zero-order valence-electron chi connectivity index (χ0n) is 13.7. The first kappa shape index (κ1) is 19.6. The first-order chi connectivity index (χ1) is 12.0. The fraction of sp³-hybridized carbons (Fsp3) is 0.263. The van der Waals surface area contributed by atoms with Crippen LogP contribution in [0, 0.1) is 18.3 Å². The molecule has 1 N–H and O–H groups in total. The Morgan fingerprint density at radius 2 is 1.92 bits per heavy atom. The number of carbonyl (C=O) groups is 1. The third-order valence-electron chi connectivity index (χ3n) is 3.80. The van der Waals surface area contributed by atoms with Gasteiger partial charge in [-0.3, -0.25) is 4.79 Å². The first-order valence-electron chi connectivity index (χ1n) is 7.77. The van der Waals surface area contributed by atoms with Gasteiger partial charge in [0.05, 0.1) is 12.0 Å². The van der Waals surface area contributed by atoms with Gasteiger partial charge in [-0.25, -0.2) is 0 Å². The molecule has 1 atom stereocenters. The van der Waals surface area contributed by atoms with E-state index in [1.807, 2.05) is 25.1 Å². The zero-order chi connectivity index (χ0) is 18.4. The second kappa shape index (κ2) is 9.10. The molecule has 25 heavy (non-hydrogen) atoms. The van der Waals surface area contributed by atoms with E-state index < -0.39 is 5.92 Å². The van der Waals surface area contributed by atoms with Gasteiger partial charge in [0.25, 0.3) is 0 Å². The molecule has 130 valence electrons. The molecule has 2 aromatic carbocycles. The number of carbonyl (C=O) groups excluding carboxylic acids is 1. The summed E-state index contributed by atoms with van der Waals surface area (Å²) in [6.45, 7) is 1.87. The van der Waals surface area contributed by atoms with E-state index in [9.17, 15) is 10.1 Å². The van der Waals surface area contributed by atoms with Crippen LogP contribution in [-0.2, 0) is 4.79 Å². The van der Waals surface area contributed by atoms with Gasteiger partial charge < -0.3 is 5.32 Å². The molecule has 1 amide bonds. The third-order valence-corrected chi connectivity index (χ3v) is 4.65. The molecule has 0 saturated heterocycles. The van der Waals surface area contributed by atoms with Crippen molar-refractivity contribution in [2.75, 3.05) is 11.2 Å². The van der Waals surface area contributed by atoms with Crippen LogP contribution in [0.4, 0.5) is 5.69 Å². The number of benzene rings is 2. The van der Waals surface area contributed by atoms with Gasteiger partial charge in [-0.05, 0) is 48.2 Å². The van der Waals surface area contributed by atoms with E-state index in [0.717, 1.165) is 11.1 Å². The van der Waals surface area contributed by atoms with Gasteiger partial charge in [0.1, 0.15) is 0 Å². The normalized spacial score (nSPS) is 11.6. The molecule has 0 radical (unpaired) electrons. The van der Waals surface area contributed by atoms with E-state index in [2.05, 4.69) is 11.4 Å². The summed E-state index contributed by atoms with van der Waals surface area (Å²) in [5, 5.41) is 13.5. The number of alkyl halides is 1. The number of nitrogens with zero attached hydrogens (tertiary/aromatic N) is 1. The third kappa shape index (κ3) is 5.12. The van der Waals surface area contributed by atoms with Crippen LogP contribution in [0.15, 0.2) is 36.4 Å². The Labute approximate surface area is 162 Å². The second-order valence-corrected chi connectivity index (χ2v) is 6.86. The summed E-state index contributed by atoms with van der Waals surface area (Å²) >= 11 is 17.9. The SMILES string of the molecule is Cc1cc(C(C#N)c2ccc(Cl)cc2)c(Cl)cc1NC(=O)CCCCl. The number of hydrogen-bond donors (Lipinski definition) is 1. The summed E-state index contributed by atoms with van der Waals surface area (Å²) in [5.74, 6) is -0.177. The average molecular weight is 396 g/mol. The van der Waals surface area contributed by atoms with Crippen LogP contribution in [0.2, 0.25) is 10.0 Å². The van der Waals surface area contributed by atoms with Crippen molar-refractivity contribution in [3.8, 4) is 6.07 Å². The number of anilines is 1. The standard InChI is InChI=1S/C19H17Cl3N2O/c1-12-9-15(16(11-23)13-4-6-14(21)7-5-13)17(22)10-18(12)24-19(25)3-2-8-20/h4-7,9-10,16H,2-3,8H2,1H3,(H,24,25). The molecule has 3 nitrogen and oxygen atoms in total. The van der Waals surface area contributed by atoms with E-state index >= 15 is 0 Å². The van der Waals surface area contributed by atoms with Crippen molar-refractivity contribution in [2.24, 2.45) is 0 Å². The lowest BCUT2D eigenvalue weighted by Gasteiger charge is -2.16. The van der Waals surface area contributed by atoms with Crippen LogP contribution >= 0.6 is 34.8 Å². The quantitative estimate of drug-likeness (QED) is 0.618. The monoisotopic (exact) mass is 394 g/mol. The van der Waals surface area contributed by atoms with Gasteiger partial charge >= 0.3 is 0 Å². The summed E-state index contributed by atoms with van der Waals surface area (Å²) in [7, 11) is 0. The molecule has 6 heteroatoms. The van der Waals surface area contributed by atoms with Gasteiger partial charge in [-0.15, -0.1) is 11.6 Å². The molecule has 0 aliphatic rings. The summed E-state index contributed by atoms with van der Waals surface area (Å²) < 4.78 is 0. The molecule has 0 spiro atoms. The highest BCUT2D eigenvalue weighted by Gasteiger charge is 2.19. The fourth-order valence-electron chi connectivity index (χ4n) is 2.48. The summed E-state index contributed by atoms with van der Waals surface area (Å²) in [6.07, 6.45) is 0.971. The molecule has 0 aliphatic heterocycles. The molecule has 2 aromatic rings. The van der Waals surface area contributed by atoms with Crippen molar-refractivity contribution in [2.45, 2.75) is 25.7 Å². The van der Waals surface area contributed by atoms with Crippen LogP contribution in [0.25, 0.3) is 0 Å². The second-order valence-electron chi connectivity index (χ2n) is 5.64. The van der Waals surface area contributed by atoms with Crippen LogP contribution < -0.4 is 5.32 Å². The highest BCUT2D eigenvalue weighted by molar-refractivity contribution is 6.32. The van der Waals surface area contributed by atoms with Crippen molar-refractivity contribution < 1.29 is 4.79 Å². The maximum atomic E-state index is 11.9. The molecular weight excluding hydrogens is 379 g/mol. The molecule has 0 aromatic heterocycles. The maximum absolute atomic E-state index is 11.9. The van der Waals surface area contributed by atoms with E-state index in [1.54, 1.807) is 18.2 Å². The van der Waals surface area contributed by atoms with E-state index in [4.69, 9.17) is 34.8 Å². The van der Waals surface area contributed by atoms with Gasteiger partial charge in [0.2, 0.25) is 5.91 Å². The van der Waals surface area contributed by atoms with Gasteiger partial charge in [0.15, 0.2) is 0 Å². The molecule has 0 heterocycles. The molecule has 0 bridgehead atoms. The highest BCUT2D eigenvalue weighted by Crippen LogP contribution is 2.34. The first-order valence-corrected chi connectivity index (χ1v) is 9.06. The largest absolute Gasteiger partial charge is 0.326 e. The van der Waals surface area contributed by atoms with Crippen molar-refractivity contribution in [1.29, 1.82) is 5.26 Å². The lowest BCUT2D eigenvalue weighted by atomic mass is 9.91. The van der Waals surface area contributed by atoms with Crippen LogP contribution in [-0.4, -0.2) is 11.8 Å². The molecule has 0 aliphatic carbocycles. The Bertz CT molecular complexity index is 798. The summed E-state index contributed by atoms with van der Waals surface area (Å²) in [5.41, 5.74) is 2.99. The number of amides is 1. The smallest absolute Gasteiger partial charge is 0.224 e. The summed E-state index contributed by atoms with van der Waals surface area (Å²) in [6, 6.07) is 12.9. The van der Waals surface area contributed by atoms with E-state index in [1.165, 1.54) is 0 Å². The van der Waals surface area contributed by atoms with Crippen LogP contribution in [0.3, 0.4) is 0 Å². The minimum atomic E-state index is -0.510. The Kier molecular flexibility index (Phi) is 7.13. The molecule has 1 unspecified atom stereocenters. The fourth-order valence-corrected chi connectivity index (χ4v) is 3.01. The van der Waals surface area contributed by atoms with Crippen molar-refractivity contribution in [3.63, 3.8) is 0 Å². The van der Waals surface area contributed by atoms with Crippen molar-refractivity contribution >= 4 is 46.4 Å². The number of nitriles is 1. The van der Waals surface area contributed by atoms with Gasteiger partial charge in [-0.2, -0.15) is 5.26 Å². The number of hydrogen-bond acceptors (Lipinski definition) is 2. The molecule has 0 fully saturated rings. The Morgan fingerprint density at radius 3 is 2.52 bits per heavy atom. The minimum Gasteiger partial charge on any atom is -0.326 e. The van der Waals surface area contributed by atoms with Crippen LogP contribution in [0.5, 0.6) is 0 Å². The van der Waals surface area contributed by atoms with E-state index in [-0.39, 0.29) is 5.91 Å². The number of aryl methyl sites for hydroxylation is 1. The predicted octanol–water partition coefficient (Wildman–Crippen LogP) is 5.91.